The minimum absolute atomic E-state index is 0.0208. The molecular formula is C55H88N10O16. The number of amides is 5. The summed E-state index contributed by atoms with van der Waals surface area (Å²) in [5, 5.41) is 77.2. The molecule has 2 fully saturated rings. The summed E-state index contributed by atoms with van der Waals surface area (Å²) in [5.74, 6) is -4.62. The second-order valence-electron chi connectivity index (χ2n) is 21.2. The van der Waals surface area contributed by atoms with E-state index < -0.39 is 140 Å². The van der Waals surface area contributed by atoms with Crippen molar-refractivity contribution in [1.82, 2.24) is 31.5 Å². The van der Waals surface area contributed by atoms with Crippen LogP contribution < -0.4 is 59.0 Å². The molecule has 2 unspecified atom stereocenters. The number of benzene rings is 2. The number of nitrogens with one attached hydrogen (secondary N) is 5. The number of nitrogens with two attached hydrogens (primary N) is 4. The summed E-state index contributed by atoms with van der Waals surface area (Å²) in [7, 11) is 1.32. The Morgan fingerprint density at radius 3 is 1.88 bits per heavy atom. The van der Waals surface area contributed by atoms with Crippen LogP contribution in [-0.2, 0) is 44.7 Å². The minimum atomic E-state index is -1.85. The van der Waals surface area contributed by atoms with Gasteiger partial charge in [-0.2, -0.15) is 0 Å². The molecule has 0 saturated carbocycles. The molecule has 2 aromatic carbocycles. The first kappa shape index (κ1) is 66.3. The molecule has 0 aliphatic carbocycles. The standard InChI is InChI=1S/C55H88N10O16/c1-5-6-7-8-9-10-11-14-22-60-23-20-41(69)62-35(15-12-13-21-56)53(77)65(4)44-32-17-19-38(79-55-43(58)48(73)46(71)40(28-67)81-55)34(26-32)33-24-31(16-18-37(33)78-54-42(57)47(72)45(70)39(27-66)80-54)25-36(50(74)61-29(2)30(3)68)63-52(76)49(59)64-51(44)75/h16-19,24,26,29,35-36,39-40,42-49,54-55,60,66-67,70-73H,5-15,20-23,25,27-28,56-59H2,1-4H3,(H,61,74)(H,62,69)(H,63,76)(H,64,75)/t29-,35-,36-,39+,40+,42+,43+,44-,45+,46+,47+,48+,49+,54?,55?/m0/s1. The summed E-state index contributed by atoms with van der Waals surface area (Å²) in [6, 6.07) is 0.415. The van der Waals surface area contributed by atoms with Crippen molar-refractivity contribution in [3.63, 3.8) is 0 Å². The van der Waals surface area contributed by atoms with Crippen LogP contribution in [0.1, 0.15) is 115 Å². The van der Waals surface area contributed by atoms with Crippen LogP contribution in [0.3, 0.4) is 0 Å². The molecule has 0 spiro atoms. The summed E-state index contributed by atoms with van der Waals surface area (Å²) in [6.45, 7) is 4.73. The molecule has 454 valence electrons. The van der Waals surface area contributed by atoms with Crippen LogP contribution in [0, 0.1) is 0 Å². The summed E-state index contributed by atoms with van der Waals surface area (Å²) in [6.07, 6.45) is -4.30. The predicted octanol–water partition coefficient (Wildman–Crippen LogP) is -2.59. The lowest BCUT2D eigenvalue weighted by Crippen LogP contribution is -2.63. The van der Waals surface area contributed by atoms with Crippen LogP contribution in [0.4, 0.5) is 0 Å². The highest BCUT2D eigenvalue weighted by molar-refractivity contribution is 5.97. The quantitative estimate of drug-likeness (QED) is 0.0389. The summed E-state index contributed by atoms with van der Waals surface area (Å²) in [4.78, 5) is 84.9. The van der Waals surface area contributed by atoms with Crippen LogP contribution in [-0.4, -0.2) is 196 Å². The van der Waals surface area contributed by atoms with E-state index in [1.165, 1.54) is 89.4 Å². The third kappa shape index (κ3) is 18.3. The van der Waals surface area contributed by atoms with Gasteiger partial charge in [0, 0.05) is 37.6 Å². The molecule has 26 nitrogen and oxygen atoms in total. The fraction of sp³-hybridized carbons (Fsp3) is 0.673. The molecule has 81 heavy (non-hydrogen) atoms. The third-order valence-electron chi connectivity index (χ3n) is 14.9. The minimum Gasteiger partial charge on any atom is -0.462 e. The molecule has 5 amide bonds. The van der Waals surface area contributed by atoms with Gasteiger partial charge in [-0.05, 0) is 88.0 Å². The summed E-state index contributed by atoms with van der Waals surface area (Å²) in [5.41, 5.74) is 25.4. The van der Waals surface area contributed by atoms with Crippen molar-refractivity contribution in [3.8, 4) is 22.6 Å². The zero-order chi connectivity index (χ0) is 59.5. The molecular weight excluding hydrogens is 1060 g/mol. The van der Waals surface area contributed by atoms with Gasteiger partial charge in [0.1, 0.15) is 66.2 Å². The van der Waals surface area contributed by atoms with Crippen molar-refractivity contribution < 1.29 is 78.4 Å². The molecule has 3 aliphatic rings. The van der Waals surface area contributed by atoms with Crippen molar-refractivity contribution in [2.45, 2.75) is 196 Å². The lowest BCUT2D eigenvalue weighted by atomic mass is 9.93. The number of Topliss-reactive ketones (excluding diaryl/α,β-unsaturated/α-hetero) is 1. The Labute approximate surface area is 472 Å². The van der Waals surface area contributed by atoms with Gasteiger partial charge in [-0.3, -0.25) is 28.8 Å². The Hall–Kier alpha value is -5.46. The molecule has 0 aromatic heterocycles. The number of unbranched alkanes of at least 4 members (excludes halogenated alkanes) is 8. The van der Waals surface area contributed by atoms with Gasteiger partial charge in [0.25, 0.3) is 5.91 Å². The molecule has 15 atom stereocenters. The highest BCUT2D eigenvalue weighted by atomic mass is 16.7. The lowest BCUT2D eigenvalue weighted by molar-refractivity contribution is -0.239. The van der Waals surface area contributed by atoms with Gasteiger partial charge in [-0.15, -0.1) is 0 Å². The first-order chi connectivity index (χ1) is 38.6. The number of hydrogen-bond donors (Lipinski definition) is 15. The van der Waals surface area contributed by atoms with E-state index in [0.29, 0.717) is 38.0 Å². The molecule has 4 bridgehead atoms. The number of hydrogen-bond acceptors (Lipinski definition) is 21. The van der Waals surface area contributed by atoms with Gasteiger partial charge in [0.15, 0.2) is 11.9 Å². The molecule has 26 heteroatoms. The van der Waals surface area contributed by atoms with Crippen LogP contribution in [0.15, 0.2) is 36.4 Å². The van der Waals surface area contributed by atoms with Crippen molar-refractivity contribution in [2.75, 3.05) is 39.9 Å². The van der Waals surface area contributed by atoms with Gasteiger partial charge in [-0.25, -0.2) is 0 Å². The van der Waals surface area contributed by atoms with Crippen molar-refractivity contribution in [1.29, 1.82) is 0 Å². The Kier molecular flexibility index (Phi) is 26.5. The lowest BCUT2D eigenvalue weighted by Gasteiger charge is -2.41. The van der Waals surface area contributed by atoms with E-state index >= 15 is 0 Å². The normalized spacial score (nSPS) is 27.6. The number of nitrogens with zero attached hydrogens (tertiary/aromatic N) is 1. The second-order valence-corrected chi connectivity index (χ2v) is 21.2. The number of ketones is 1. The Morgan fingerprint density at radius 1 is 0.741 bits per heavy atom. The molecule has 2 aromatic rings. The monoisotopic (exact) mass is 1140 g/mol. The van der Waals surface area contributed by atoms with E-state index in [1.807, 2.05) is 0 Å². The maximum atomic E-state index is 15.0. The molecule has 2 saturated heterocycles. The van der Waals surface area contributed by atoms with Crippen molar-refractivity contribution in [3.05, 3.63) is 47.5 Å². The van der Waals surface area contributed by atoms with Gasteiger partial charge in [0.2, 0.25) is 36.2 Å². The number of fused-ring (bicyclic) bond motifs is 5. The van der Waals surface area contributed by atoms with E-state index in [-0.39, 0.29) is 47.5 Å². The first-order valence-electron chi connectivity index (χ1n) is 28.2. The van der Waals surface area contributed by atoms with Crippen LogP contribution >= 0.6 is 0 Å². The number of aliphatic hydroxyl groups is 6. The van der Waals surface area contributed by atoms with Crippen molar-refractivity contribution in [2.24, 2.45) is 22.9 Å². The van der Waals surface area contributed by atoms with Gasteiger partial charge < -0.3 is 104 Å². The van der Waals surface area contributed by atoms with Gasteiger partial charge in [-0.1, -0.05) is 64.0 Å². The fourth-order valence-electron chi connectivity index (χ4n) is 9.79. The van der Waals surface area contributed by atoms with E-state index in [2.05, 4.69) is 33.5 Å². The zero-order valence-electron chi connectivity index (χ0n) is 46.9. The molecule has 19 N–H and O–H groups in total. The van der Waals surface area contributed by atoms with E-state index in [1.54, 1.807) is 0 Å². The van der Waals surface area contributed by atoms with Crippen molar-refractivity contribution >= 4 is 35.3 Å². The van der Waals surface area contributed by atoms with E-state index in [0.717, 1.165) is 24.2 Å². The highest BCUT2D eigenvalue weighted by Crippen LogP contribution is 2.42. The average Bonchev–Trinajstić information content (AvgIpc) is 3.46. The second kappa shape index (κ2) is 32.4. The first-order valence-corrected chi connectivity index (χ1v) is 28.2. The number of ether oxygens (including phenoxy) is 4. The number of carbonyl (C=O) groups is 6. The molecule has 5 rings (SSSR count). The fourth-order valence-corrected chi connectivity index (χ4v) is 9.79. The number of likely N-dealkylation sites (N-methyl/N-ethyl adjacent to an activating group) is 1. The largest absolute Gasteiger partial charge is 0.462 e. The Morgan fingerprint density at radius 2 is 1.31 bits per heavy atom. The van der Waals surface area contributed by atoms with E-state index in [4.69, 9.17) is 41.9 Å². The topological polar surface area (TPSA) is 428 Å². The highest BCUT2D eigenvalue weighted by Gasteiger charge is 2.46. The predicted molar refractivity (Wildman–Crippen MR) is 295 cm³/mol. The number of rotatable bonds is 28. The number of carbonyl (C=O) groups excluding carboxylic acids is 6. The molecule has 0 radical (unpaired) electrons. The summed E-state index contributed by atoms with van der Waals surface area (Å²) < 4.78 is 24.5. The van der Waals surface area contributed by atoms with Gasteiger partial charge >= 0.3 is 0 Å². The smallest absolute Gasteiger partial charge is 0.258 e. The summed E-state index contributed by atoms with van der Waals surface area (Å²) >= 11 is 0. The SMILES string of the molecule is CCCCCCCCCCNCCC(=O)N[C@@H](CCCCN)C(=O)N(C)[C@@H]1C(=O)N[C@@H](N)C(=O)N[C@H](C(=O)N[C@@H](C)C(C)=O)Cc2ccc(OC3O[C@H](CO)[C@@H](O)[C@H](O)[C@H]3N)c(c2)-c2cc1ccc2OC1O[C@H](CO)[C@@H](O)[C@H](O)[C@H]1N. The molecule has 3 heterocycles. The maximum absolute atomic E-state index is 15.0. The van der Waals surface area contributed by atoms with E-state index in [9.17, 15) is 59.4 Å². The zero-order valence-corrected chi connectivity index (χ0v) is 46.9. The maximum Gasteiger partial charge on any atom is 0.258 e. The van der Waals surface area contributed by atoms with Crippen LogP contribution in [0.5, 0.6) is 11.5 Å². The van der Waals surface area contributed by atoms with Gasteiger partial charge in [0.05, 0.1) is 31.3 Å². The van der Waals surface area contributed by atoms with Crippen LogP contribution in [0.2, 0.25) is 0 Å². The Balaban J connectivity index is 1.63. The number of aliphatic hydroxyl groups excluding tert-OH is 6. The third-order valence-corrected chi connectivity index (χ3v) is 14.9. The molecule has 3 aliphatic heterocycles. The Bertz CT molecular complexity index is 2390. The van der Waals surface area contributed by atoms with Crippen LogP contribution in [0.25, 0.3) is 11.1 Å². The average molecular weight is 1150 g/mol.